The number of aromatic nitrogens is 2. The van der Waals surface area contributed by atoms with Gasteiger partial charge in [0.1, 0.15) is 0 Å². The highest BCUT2D eigenvalue weighted by molar-refractivity contribution is 5.97. The monoisotopic (exact) mass is 222 g/mol. The van der Waals surface area contributed by atoms with Crippen molar-refractivity contribution in [3.63, 3.8) is 0 Å². The molecule has 5 heteroatoms. The number of hydrogen-bond donors (Lipinski definition) is 2. The molecule has 0 saturated carbocycles. The lowest BCUT2D eigenvalue weighted by Crippen LogP contribution is -2.29. The van der Waals surface area contributed by atoms with Crippen molar-refractivity contribution in [2.24, 2.45) is 5.92 Å². The van der Waals surface area contributed by atoms with Gasteiger partial charge in [-0.05, 0) is 19.3 Å². The summed E-state index contributed by atoms with van der Waals surface area (Å²) in [6, 6.07) is 0. The number of carbonyl (C=O) groups excluding carboxylic acids is 1. The molecule has 0 aromatic carbocycles. The zero-order chi connectivity index (χ0) is 11.7. The van der Waals surface area contributed by atoms with Crippen molar-refractivity contribution >= 4 is 11.6 Å². The molecule has 1 unspecified atom stereocenters. The Morgan fingerprint density at radius 1 is 1.69 bits per heavy atom. The largest absolute Gasteiger partial charge is 0.395 e. The van der Waals surface area contributed by atoms with E-state index in [1.807, 2.05) is 11.8 Å². The van der Waals surface area contributed by atoms with Crippen LogP contribution in [0.1, 0.15) is 35.9 Å². The van der Waals surface area contributed by atoms with E-state index in [-0.39, 0.29) is 5.91 Å². The van der Waals surface area contributed by atoms with Crippen molar-refractivity contribution in [1.29, 1.82) is 0 Å². The summed E-state index contributed by atoms with van der Waals surface area (Å²) in [5, 5.41) is 6.71. The second-order valence-electron chi connectivity index (χ2n) is 4.43. The first-order valence-electron chi connectivity index (χ1n) is 5.73. The highest BCUT2D eigenvalue weighted by Gasteiger charge is 2.28. The zero-order valence-electron chi connectivity index (χ0n) is 9.79. The number of nitrogens with two attached hydrogens (primary N) is 1. The normalized spacial score (nSPS) is 20.4. The van der Waals surface area contributed by atoms with Crippen molar-refractivity contribution in [1.82, 2.24) is 15.1 Å². The van der Waals surface area contributed by atoms with Crippen LogP contribution in [0.4, 0.5) is 5.69 Å². The molecule has 1 amide bonds. The Bertz CT molecular complexity index is 399. The fourth-order valence-electron chi connectivity index (χ4n) is 2.10. The van der Waals surface area contributed by atoms with E-state index in [1.54, 1.807) is 0 Å². The van der Waals surface area contributed by atoms with Gasteiger partial charge in [0.2, 0.25) is 0 Å². The lowest BCUT2D eigenvalue weighted by Gasteiger charge is -2.14. The van der Waals surface area contributed by atoms with Crippen LogP contribution < -0.4 is 5.73 Å². The van der Waals surface area contributed by atoms with Crippen molar-refractivity contribution in [2.45, 2.75) is 26.7 Å². The number of amides is 1. The van der Waals surface area contributed by atoms with Crippen LogP contribution >= 0.6 is 0 Å². The van der Waals surface area contributed by atoms with Gasteiger partial charge in [-0.3, -0.25) is 9.89 Å². The minimum absolute atomic E-state index is 0.0437. The van der Waals surface area contributed by atoms with Crippen molar-refractivity contribution in [2.75, 3.05) is 18.8 Å². The Hall–Kier alpha value is -1.52. The maximum absolute atomic E-state index is 12.1. The van der Waals surface area contributed by atoms with E-state index in [9.17, 15) is 4.79 Å². The second-order valence-corrected chi connectivity index (χ2v) is 4.43. The van der Waals surface area contributed by atoms with Crippen molar-refractivity contribution in [3.05, 3.63) is 11.4 Å². The molecule has 88 valence electrons. The number of anilines is 1. The number of nitrogens with one attached hydrogen (secondary N) is 1. The summed E-state index contributed by atoms with van der Waals surface area (Å²) in [6.07, 6.45) is 2.21. The molecule has 1 aliphatic heterocycles. The molecule has 1 fully saturated rings. The molecule has 2 heterocycles. The molecular formula is C11H18N4O. The van der Waals surface area contributed by atoms with Gasteiger partial charge in [-0.1, -0.05) is 13.3 Å². The molecule has 0 aliphatic carbocycles. The molecule has 1 aromatic heterocycles. The molecule has 0 bridgehead atoms. The Morgan fingerprint density at radius 2 is 2.44 bits per heavy atom. The highest BCUT2D eigenvalue weighted by Crippen LogP contribution is 2.22. The Morgan fingerprint density at radius 3 is 2.94 bits per heavy atom. The van der Waals surface area contributed by atoms with E-state index in [4.69, 9.17) is 5.73 Å². The summed E-state index contributed by atoms with van der Waals surface area (Å²) < 4.78 is 0. The summed E-state index contributed by atoms with van der Waals surface area (Å²) in [5.41, 5.74) is 7.40. The predicted molar refractivity (Wildman–Crippen MR) is 62.0 cm³/mol. The minimum atomic E-state index is -0.0437. The maximum Gasteiger partial charge on any atom is 0.276 e. The maximum atomic E-state index is 12.1. The number of likely N-dealkylation sites (tertiary alicyclic amines) is 1. The fourth-order valence-corrected chi connectivity index (χ4v) is 2.10. The van der Waals surface area contributed by atoms with Gasteiger partial charge >= 0.3 is 0 Å². The second kappa shape index (κ2) is 4.15. The average molecular weight is 222 g/mol. The molecule has 2 rings (SSSR count). The quantitative estimate of drug-likeness (QED) is 0.788. The number of aryl methyl sites for hydroxylation is 1. The molecule has 1 saturated heterocycles. The van der Waals surface area contributed by atoms with Gasteiger partial charge in [-0.2, -0.15) is 5.10 Å². The number of nitrogen functional groups attached to an aromatic ring is 1. The van der Waals surface area contributed by atoms with E-state index < -0.39 is 0 Å². The van der Waals surface area contributed by atoms with Crippen LogP contribution in [0.2, 0.25) is 0 Å². The molecule has 16 heavy (non-hydrogen) atoms. The number of aromatic amines is 1. The van der Waals surface area contributed by atoms with Crippen LogP contribution in [-0.4, -0.2) is 34.1 Å². The molecule has 0 spiro atoms. The SMILES string of the molecule is CCC1CCN(C(=O)c2n[nH]c(C)c2N)C1. The van der Waals surface area contributed by atoms with Crippen molar-refractivity contribution < 1.29 is 4.79 Å². The topological polar surface area (TPSA) is 75.0 Å². The first-order valence-corrected chi connectivity index (χ1v) is 5.73. The number of rotatable bonds is 2. The minimum Gasteiger partial charge on any atom is -0.395 e. The van der Waals surface area contributed by atoms with Gasteiger partial charge in [-0.15, -0.1) is 0 Å². The first kappa shape index (κ1) is 11.0. The summed E-state index contributed by atoms with van der Waals surface area (Å²) in [5.74, 6) is 0.586. The average Bonchev–Trinajstić information content (AvgIpc) is 2.87. The number of nitrogens with zero attached hydrogens (tertiary/aromatic N) is 2. The number of H-pyrrole nitrogens is 1. The van der Waals surface area contributed by atoms with Crippen LogP contribution in [0.5, 0.6) is 0 Å². The molecule has 1 aromatic rings. The van der Waals surface area contributed by atoms with E-state index >= 15 is 0 Å². The van der Waals surface area contributed by atoms with Crippen LogP contribution in [0.15, 0.2) is 0 Å². The van der Waals surface area contributed by atoms with Gasteiger partial charge in [0.05, 0.1) is 11.4 Å². The predicted octanol–water partition coefficient (Wildman–Crippen LogP) is 1.17. The van der Waals surface area contributed by atoms with Crippen LogP contribution in [0.3, 0.4) is 0 Å². The summed E-state index contributed by atoms with van der Waals surface area (Å²) in [7, 11) is 0. The van der Waals surface area contributed by atoms with Gasteiger partial charge in [0, 0.05) is 13.1 Å². The third-order valence-corrected chi connectivity index (χ3v) is 3.35. The lowest BCUT2D eigenvalue weighted by molar-refractivity contribution is 0.0782. The standard InChI is InChI=1S/C11H18N4O/c1-3-8-4-5-15(6-8)11(16)10-9(12)7(2)13-14-10/h8H,3-6,12H2,1-2H3,(H,13,14). The molecule has 5 nitrogen and oxygen atoms in total. The van der Waals surface area contributed by atoms with E-state index in [2.05, 4.69) is 17.1 Å². The van der Waals surface area contributed by atoms with Crippen molar-refractivity contribution in [3.8, 4) is 0 Å². The van der Waals surface area contributed by atoms with Crippen LogP contribution in [0, 0.1) is 12.8 Å². The van der Waals surface area contributed by atoms with Gasteiger partial charge in [-0.25, -0.2) is 0 Å². The molecule has 0 radical (unpaired) electrons. The van der Waals surface area contributed by atoms with Gasteiger partial charge < -0.3 is 10.6 Å². The molecule has 3 N–H and O–H groups in total. The number of carbonyl (C=O) groups is 1. The lowest BCUT2D eigenvalue weighted by atomic mass is 10.1. The summed E-state index contributed by atoms with van der Waals surface area (Å²) in [4.78, 5) is 14.0. The third-order valence-electron chi connectivity index (χ3n) is 3.35. The van der Waals surface area contributed by atoms with Gasteiger partial charge in [0.25, 0.3) is 5.91 Å². The highest BCUT2D eigenvalue weighted by atomic mass is 16.2. The van der Waals surface area contributed by atoms with E-state index in [1.165, 1.54) is 0 Å². The number of hydrogen-bond acceptors (Lipinski definition) is 3. The fraction of sp³-hybridized carbons (Fsp3) is 0.636. The smallest absolute Gasteiger partial charge is 0.276 e. The Kier molecular flexibility index (Phi) is 2.85. The Labute approximate surface area is 95.0 Å². The summed E-state index contributed by atoms with van der Waals surface area (Å²) in [6.45, 7) is 5.63. The zero-order valence-corrected chi connectivity index (χ0v) is 9.79. The summed E-state index contributed by atoms with van der Waals surface area (Å²) >= 11 is 0. The van der Waals surface area contributed by atoms with Crippen LogP contribution in [-0.2, 0) is 0 Å². The molecule has 1 aliphatic rings. The molecule has 1 atom stereocenters. The van der Waals surface area contributed by atoms with E-state index in [0.29, 0.717) is 17.3 Å². The van der Waals surface area contributed by atoms with Gasteiger partial charge in [0.15, 0.2) is 5.69 Å². The third kappa shape index (κ3) is 1.77. The van der Waals surface area contributed by atoms with E-state index in [0.717, 1.165) is 31.6 Å². The first-order chi connectivity index (χ1) is 7.63. The van der Waals surface area contributed by atoms with Crippen LogP contribution in [0.25, 0.3) is 0 Å². The molecular weight excluding hydrogens is 204 g/mol. The Balaban J connectivity index is 2.12.